The molecule has 0 spiro atoms. The largest absolute Gasteiger partial charge is 0.493 e. The van der Waals surface area contributed by atoms with E-state index in [-0.39, 0.29) is 0 Å². The van der Waals surface area contributed by atoms with E-state index in [4.69, 9.17) is 9.47 Å². The maximum absolute atomic E-state index is 5.79. The van der Waals surface area contributed by atoms with E-state index in [1.807, 2.05) is 6.07 Å². The Bertz CT molecular complexity index is 384. The second-order valence-corrected chi connectivity index (χ2v) is 5.29. The van der Waals surface area contributed by atoms with Crippen molar-refractivity contribution in [2.45, 2.75) is 12.8 Å². The molecule has 2 N–H and O–H groups in total. The molecule has 1 heterocycles. The van der Waals surface area contributed by atoms with Crippen molar-refractivity contribution in [2.24, 2.45) is 5.92 Å². The van der Waals surface area contributed by atoms with Crippen LogP contribution in [0.5, 0.6) is 5.75 Å². The Morgan fingerprint density at radius 3 is 2.95 bits per heavy atom. The number of hydrogen-bond donors (Lipinski definition) is 2. The van der Waals surface area contributed by atoms with Crippen molar-refractivity contribution in [2.75, 3.05) is 46.5 Å². The lowest BCUT2D eigenvalue weighted by molar-refractivity contribution is 0.199. The average Bonchev–Trinajstić information content (AvgIpc) is 2.50. The van der Waals surface area contributed by atoms with E-state index < -0.39 is 0 Å². The zero-order valence-corrected chi connectivity index (χ0v) is 12.4. The van der Waals surface area contributed by atoms with Crippen LogP contribution in [-0.2, 0) is 11.2 Å². The number of methoxy groups -OCH3 is 1. The fourth-order valence-corrected chi connectivity index (χ4v) is 2.47. The number of benzene rings is 1. The average molecular weight is 278 g/mol. The molecule has 1 unspecified atom stereocenters. The van der Waals surface area contributed by atoms with E-state index in [9.17, 15) is 0 Å². The molecule has 0 bridgehead atoms. The molecule has 0 saturated heterocycles. The summed E-state index contributed by atoms with van der Waals surface area (Å²) in [5.74, 6) is 1.65. The Balaban J connectivity index is 1.53. The highest BCUT2D eigenvalue weighted by molar-refractivity contribution is 5.35. The van der Waals surface area contributed by atoms with Gasteiger partial charge >= 0.3 is 0 Å². The van der Waals surface area contributed by atoms with Gasteiger partial charge in [0.2, 0.25) is 0 Å². The quantitative estimate of drug-likeness (QED) is 0.671. The molecule has 4 nitrogen and oxygen atoms in total. The fraction of sp³-hybridized carbons (Fsp3) is 0.625. The van der Waals surface area contributed by atoms with E-state index >= 15 is 0 Å². The predicted molar refractivity (Wildman–Crippen MR) is 81.4 cm³/mol. The van der Waals surface area contributed by atoms with Crippen LogP contribution in [0.25, 0.3) is 0 Å². The summed E-state index contributed by atoms with van der Waals surface area (Å²) in [7, 11) is 1.73. The van der Waals surface area contributed by atoms with Crippen molar-refractivity contribution >= 4 is 0 Å². The highest BCUT2D eigenvalue weighted by atomic mass is 16.5. The normalized spacial score (nSPS) is 17.6. The summed E-state index contributed by atoms with van der Waals surface area (Å²) < 4.78 is 10.8. The van der Waals surface area contributed by atoms with Gasteiger partial charge in [-0.15, -0.1) is 0 Å². The summed E-state index contributed by atoms with van der Waals surface area (Å²) in [6, 6.07) is 8.35. The van der Waals surface area contributed by atoms with Crippen molar-refractivity contribution in [1.82, 2.24) is 10.6 Å². The van der Waals surface area contributed by atoms with Gasteiger partial charge in [-0.1, -0.05) is 18.2 Å². The Labute approximate surface area is 121 Å². The van der Waals surface area contributed by atoms with Crippen LogP contribution in [0.1, 0.15) is 12.0 Å². The zero-order valence-electron chi connectivity index (χ0n) is 12.4. The molecular weight excluding hydrogens is 252 g/mol. The van der Waals surface area contributed by atoms with Gasteiger partial charge in [-0.05, 0) is 37.6 Å². The molecule has 1 aliphatic heterocycles. The van der Waals surface area contributed by atoms with E-state index in [0.29, 0.717) is 5.92 Å². The summed E-state index contributed by atoms with van der Waals surface area (Å²) >= 11 is 0. The molecule has 112 valence electrons. The van der Waals surface area contributed by atoms with Crippen molar-refractivity contribution in [3.63, 3.8) is 0 Å². The lowest BCUT2D eigenvalue weighted by Gasteiger charge is -2.25. The summed E-state index contributed by atoms with van der Waals surface area (Å²) in [5.41, 5.74) is 1.34. The standard InChI is InChI=1S/C16H26N2O2/c1-19-10-9-17-7-4-8-18-12-14-11-15-5-2-3-6-16(15)20-13-14/h2-3,5-6,14,17-18H,4,7-13H2,1H3. The molecule has 1 aromatic rings. The van der Waals surface area contributed by atoms with Gasteiger partial charge in [-0.2, -0.15) is 0 Å². The van der Waals surface area contributed by atoms with Crippen LogP contribution in [0.3, 0.4) is 0 Å². The van der Waals surface area contributed by atoms with Crippen molar-refractivity contribution in [1.29, 1.82) is 0 Å². The second-order valence-electron chi connectivity index (χ2n) is 5.29. The third kappa shape index (κ3) is 5.12. The van der Waals surface area contributed by atoms with Gasteiger partial charge < -0.3 is 20.1 Å². The van der Waals surface area contributed by atoms with Gasteiger partial charge in [0, 0.05) is 26.1 Å². The maximum atomic E-state index is 5.79. The van der Waals surface area contributed by atoms with Crippen LogP contribution < -0.4 is 15.4 Å². The number of ether oxygens (including phenoxy) is 2. The molecular formula is C16H26N2O2. The van der Waals surface area contributed by atoms with Crippen molar-refractivity contribution in [3.8, 4) is 5.75 Å². The van der Waals surface area contributed by atoms with E-state index in [1.165, 1.54) is 5.56 Å². The van der Waals surface area contributed by atoms with E-state index in [1.54, 1.807) is 7.11 Å². The van der Waals surface area contributed by atoms with Gasteiger partial charge in [-0.3, -0.25) is 0 Å². The Morgan fingerprint density at radius 2 is 2.05 bits per heavy atom. The summed E-state index contributed by atoms with van der Waals surface area (Å²) in [5, 5.41) is 6.87. The predicted octanol–water partition coefficient (Wildman–Crippen LogP) is 1.45. The maximum Gasteiger partial charge on any atom is 0.122 e. The van der Waals surface area contributed by atoms with Gasteiger partial charge in [0.05, 0.1) is 13.2 Å². The molecule has 4 heteroatoms. The highest BCUT2D eigenvalue weighted by Crippen LogP contribution is 2.26. The molecule has 0 fully saturated rings. The van der Waals surface area contributed by atoms with Crippen molar-refractivity contribution < 1.29 is 9.47 Å². The Hall–Kier alpha value is -1.10. The molecule has 2 rings (SSSR count). The smallest absolute Gasteiger partial charge is 0.122 e. The first kappa shape index (κ1) is 15.3. The first-order valence-corrected chi connectivity index (χ1v) is 7.51. The number of nitrogens with one attached hydrogen (secondary N) is 2. The van der Waals surface area contributed by atoms with E-state index in [0.717, 1.165) is 58.0 Å². The second kappa shape index (κ2) is 8.95. The SMILES string of the molecule is COCCNCCCNCC1COc2ccccc2C1. The Kier molecular flexibility index (Phi) is 6.84. The molecule has 1 atom stereocenters. The number of rotatable bonds is 9. The number of para-hydroxylation sites is 1. The summed E-state index contributed by atoms with van der Waals surface area (Å²) in [4.78, 5) is 0. The zero-order chi connectivity index (χ0) is 14.0. The Morgan fingerprint density at radius 1 is 1.20 bits per heavy atom. The van der Waals surface area contributed by atoms with Crippen LogP contribution in [0.2, 0.25) is 0 Å². The van der Waals surface area contributed by atoms with Crippen LogP contribution in [-0.4, -0.2) is 46.5 Å². The highest BCUT2D eigenvalue weighted by Gasteiger charge is 2.18. The minimum Gasteiger partial charge on any atom is -0.493 e. The minimum absolute atomic E-state index is 0.589. The molecule has 1 aromatic carbocycles. The minimum atomic E-state index is 0.589. The van der Waals surface area contributed by atoms with Gasteiger partial charge in [0.25, 0.3) is 0 Å². The molecule has 20 heavy (non-hydrogen) atoms. The van der Waals surface area contributed by atoms with Crippen LogP contribution in [0.15, 0.2) is 24.3 Å². The third-order valence-electron chi connectivity index (χ3n) is 3.58. The number of hydrogen-bond acceptors (Lipinski definition) is 4. The first-order valence-electron chi connectivity index (χ1n) is 7.51. The van der Waals surface area contributed by atoms with E-state index in [2.05, 4.69) is 28.8 Å². The molecule has 0 aliphatic carbocycles. The monoisotopic (exact) mass is 278 g/mol. The van der Waals surface area contributed by atoms with Gasteiger partial charge in [-0.25, -0.2) is 0 Å². The summed E-state index contributed by atoms with van der Waals surface area (Å²) in [6.07, 6.45) is 2.27. The summed E-state index contributed by atoms with van der Waals surface area (Å²) in [6.45, 7) is 5.68. The fourth-order valence-electron chi connectivity index (χ4n) is 2.47. The number of fused-ring (bicyclic) bond motifs is 1. The third-order valence-corrected chi connectivity index (χ3v) is 3.58. The van der Waals surface area contributed by atoms with Crippen LogP contribution in [0.4, 0.5) is 0 Å². The lowest BCUT2D eigenvalue weighted by atomic mass is 9.97. The molecule has 0 aromatic heterocycles. The lowest BCUT2D eigenvalue weighted by Crippen LogP contribution is -2.33. The topological polar surface area (TPSA) is 42.5 Å². The van der Waals surface area contributed by atoms with Crippen LogP contribution >= 0.6 is 0 Å². The molecule has 1 aliphatic rings. The van der Waals surface area contributed by atoms with Crippen LogP contribution in [0, 0.1) is 5.92 Å². The molecule has 0 radical (unpaired) electrons. The molecule has 0 saturated carbocycles. The van der Waals surface area contributed by atoms with Crippen molar-refractivity contribution in [3.05, 3.63) is 29.8 Å². The molecule has 0 amide bonds. The first-order chi connectivity index (χ1) is 9.90. The van der Waals surface area contributed by atoms with Gasteiger partial charge in [0.15, 0.2) is 0 Å². The van der Waals surface area contributed by atoms with Gasteiger partial charge in [0.1, 0.15) is 5.75 Å².